The van der Waals surface area contributed by atoms with E-state index in [0.717, 1.165) is 5.56 Å². The predicted molar refractivity (Wildman–Crippen MR) is 68.7 cm³/mol. The minimum absolute atomic E-state index is 0.0790. The second-order valence-electron chi connectivity index (χ2n) is 4.23. The van der Waals surface area contributed by atoms with Gasteiger partial charge in [-0.1, -0.05) is 43.6 Å². The van der Waals surface area contributed by atoms with Crippen molar-refractivity contribution in [3.63, 3.8) is 0 Å². The van der Waals surface area contributed by atoms with E-state index in [2.05, 4.69) is 4.98 Å². The smallest absolute Gasteiger partial charge is 0.145 e. The van der Waals surface area contributed by atoms with Gasteiger partial charge < -0.3 is 0 Å². The lowest BCUT2D eigenvalue weighted by atomic mass is 10.0. The van der Waals surface area contributed by atoms with Crippen LogP contribution in [0.4, 0.5) is 4.39 Å². The number of benzene rings is 1. The van der Waals surface area contributed by atoms with Gasteiger partial charge in [0.1, 0.15) is 5.82 Å². The molecule has 88 valence electrons. The van der Waals surface area contributed by atoms with Crippen LogP contribution in [-0.2, 0) is 0 Å². The predicted octanol–water partition coefficient (Wildman–Crippen LogP) is 4.66. The number of rotatable bonds is 2. The molecular weight excluding hydrogens is 237 g/mol. The molecule has 0 aliphatic carbocycles. The molecule has 0 aliphatic heterocycles. The van der Waals surface area contributed by atoms with Crippen LogP contribution in [0.1, 0.15) is 25.5 Å². The van der Waals surface area contributed by atoms with E-state index in [4.69, 9.17) is 11.6 Å². The van der Waals surface area contributed by atoms with Crippen molar-refractivity contribution in [1.29, 1.82) is 0 Å². The summed E-state index contributed by atoms with van der Waals surface area (Å²) in [5, 5.41) is 0.603. The monoisotopic (exact) mass is 249 g/mol. The topological polar surface area (TPSA) is 12.9 Å². The largest absolute Gasteiger partial charge is 0.257 e. The van der Waals surface area contributed by atoms with Gasteiger partial charge in [0, 0.05) is 22.3 Å². The van der Waals surface area contributed by atoms with Crippen LogP contribution >= 0.6 is 11.6 Å². The highest BCUT2D eigenvalue weighted by Gasteiger charge is 2.11. The van der Waals surface area contributed by atoms with Crippen LogP contribution in [0.25, 0.3) is 11.1 Å². The molecule has 0 bridgehead atoms. The zero-order valence-corrected chi connectivity index (χ0v) is 10.5. The summed E-state index contributed by atoms with van der Waals surface area (Å²) in [6.45, 7) is 3.83. The number of hydrogen-bond acceptors (Lipinski definition) is 1. The molecule has 0 radical (unpaired) electrons. The van der Waals surface area contributed by atoms with Crippen molar-refractivity contribution in [2.24, 2.45) is 0 Å². The maximum Gasteiger partial charge on any atom is 0.145 e. The van der Waals surface area contributed by atoms with Crippen molar-refractivity contribution in [3.05, 3.63) is 53.1 Å². The van der Waals surface area contributed by atoms with Crippen LogP contribution in [0.3, 0.4) is 0 Å². The molecule has 17 heavy (non-hydrogen) atoms. The molecule has 0 spiro atoms. The average Bonchev–Trinajstić information content (AvgIpc) is 2.29. The maximum atomic E-state index is 13.8. The minimum atomic E-state index is -0.280. The highest BCUT2D eigenvalue weighted by atomic mass is 35.5. The first-order chi connectivity index (χ1) is 8.09. The Hall–Kier alpha value is -1.41. The number of pyridine rings is 1. The lowest BCUT2D eigenvalue weighted by Crippen LogP contribution is -1.97. The van der Waals surface area contributed by atoms with E-state index in [9.17, 15) is 4.39 Å². The highest BCUT2D eigenvalue weighted by Crippen LogP contribution is 2.28. The minimum Gasteiger partial charge on any atom is -0.257 e. The molecule has 0 unspecified atom stereocenters. The van der Waals surface area contributed by atoms with Crippen molar-refractivity contribution in [1.82, 2.24) is 4.98 Å². The summed E-state index contributed by atoms with van der Waals surface area (Å²) >= 11 is 6.06. The summed E-state index contributed by atoms with van der Waals surface area (Å²) in [5.74, 6) is -0.201. The summed E-state index contributed by atoms with van der Waals surface area (Å²) in [6, 6.07) is 8.84. The summed E-state index contributed by atoms with van der Waals surface area (Å²) in [6.07, 6.45) is 1.67. The zero-order valence-electron chi connectivity index (χ0n) is 9.74. The van der Waals surface area contributed by atoms with Gasteiger partial charge in [-0.25, -0.2) is 4.39 Å². The second-order valence-corrected chi connectivity index (χ2v) is 4.63. The fourth-order valence-electron chi connectivity index (χ4n) is 1.72. The third-order valence-electron chi connectivity index (χ3n) is 2.60. The van der Waals surface area contributed by atoms with E-state index >= 15 is 0 Å². The highest BCUT2D eigenvalue weighted by molar-refractivity contribution is 6.33. The van der Waals surface area contributed by atoms with Crippen molar-refractivity contribution in [2.75, 3.05) is 0 Å². The van der Waals surface area contributed by atoms with Crippen LogP contribution in [0, 0.1) is 5.82 Å². The number of nitrogens with zero attached hydrogens (tertiary/aromatic N) is 1. The Bertz CT molecular complexity index is 537. The summed E-state index contributed by atoms with van der Waals surface area (Å²) in [4.78, 5) is 4.16. The van der Waals surface area contributed by atoms with Gasteiger partial charge >= 0.3 is 0 Å². The first-order valence-corrected chi connectivity index (χ1v) is 5.87. The fourth-order valence-corrected chi connectivity index (χ4v) is 1.96. The van der Waals surface area contributed by atoms with E-state index in [1.54, 1.807) is 12.3 Å². The van der Waals surface area contributed by atoms with E-state index in [1.165, 1.54) is 6.07 Å². The SMILES string of the molecule is CC(C)c1ncc(-c2ccccc2Cl)cc1F. The third-order valence-corrected chi connectivity index (χ3v) is 2.93. The van der Waals surface area contributed by atoms with Crippen molar-refractivity contribution >= 4 is 11.6 Å². The molecule has 1 nitrogen and oxygen atoms in total. The Kier molecular flexibility index (Phi) is 3.43. The van der Waals surface area contributed by atoms with E-state index < -0.39 is 0 Å². The van der Waals surface area contributed by atoms with E-state index in [0.29, 0.717) is 16.3 Å². The van der Waals surface area contributed by atoms with Gasteiger partial charge in [-0.15, -0.1) is 0 Å². The van der Waals surface area contributed by atoms with Crippen molar-refractivity contribution in [3.8, 4) is 11.1 Å². The van der Waals surface area contributed by atoms with Crippen LogP contribution < -0.4 is 0 Å². The normalized spacial score (nSPS) is 10.9. The van der Waals surface area contributed by atoms with Gasteiger partial charge in [-0.3, -0.25) is 4.98 Å². The molecule has 0 saturated carbocycles. The van der Waals surface area contributed by atoms with Crippen LogP contribution in [0.2, 0.25) is 5.02 Å². The molecule has 0 N–H and O–H groups in total. The van der Waals surface area contributed by atoms with Crippen LogP contribution in [0.5, 0.6) is 0 Å². The lowest BCUT2D eigenvalue weighted by Gasteiger charge is -2.09. The molecule has 1 aromatic heterocycles. The van der Waals surface area contributed by atoms with E-state index in [-0.39, 0.29) is 11.7 Å². The fraction of sp³-hybridized carbons (Fsp3) is 0.214. The van der Waals surface area contributed by atoms with Gasteiger partial charge in [-0.2, -0.15) is 0 Å². The standard InChI is InChI=1S/C14H13ClFN/c1-9(2)14-13(16)7-10(8-17-14)11-5-3-4-6-12(11)15/h3-9H,1-2H3. The molecule has 2 rings (SSSR count). The van der Waals surface area contributed by atoms with Gasteiger partial charge in [0.05, 0.1) is 5.69 Å². The van der Waals surface area contributed by atoms with Crippen LogP contribution in [-0.4, -0.2) is 4.98 Å². The molecule has 1 heterocycles. The van der Waals surface area contributed by atoms with E-state index in [1.807, 2.05) is 32.0 Å². The zero-order chi connectivity index (χ0) is 12.4. The molecule has 0 fully saturated rings. The Morgan fingerprint density at radius 3 is 2.53 bits per heavy atom. The molecule has 3 heteroatoms. The maximum absolute atomic E-state index is 13.8. The lowest BCUT2D eigenvalue weighted by molar-refractivity contribution is 0.585. The Labute approximate surface area is 105 Å². The molecule has 0 saturated heterocycles. The Morgan fingerprint density at radius 2 is 1.94 bits per heavy atom. The third kappa shape index (κ3) is 2.47. The average molecular weight is 250 g/mol. The summed E-state index contributed by atoms with van der Waals surface area (Å²) < 4.78 is 13.8. The molecule has 0 amide bonds. The quantitative estimate of drug-likeness (QED) is 0.754. The van der Waals surface area contributed by atoms with Crippen molar-refractivity contribution in [2.45, 2.75) is 19.8 Å². The van der Waals surface area contributed by atoms with Crippen LogP contribution in [0.15, 0.2) is 36.5 Å². The number of halogens is 2. The van der Waals surface area contributed by atoms with Gasteiger partial charge in [-0.05, 0) is 18.1 Å². The number of aromatic nitrogens is 1. The Balaban J connectivity index is 2.49. The first kappa shape index (κ1) is 12.1. The Morgan fingerprint density at radius 1 is 1.24 bits per heavy atom. The molecule has 2 aromatic rings. The van der Waals surface area contributed by atoms with Gasteiger partial charge in [0.15, 0.2) is 0 Å². The second kappa shape index (κ2) is 4.84. The first-order valence-electron chi connectivity index (χ1n) is 5.50. The molecule has 0 atom stereocenters. The molecule has 1 aromatic carbocycles. The number of hydrogen-bond donors (Lipinski definition) is 0. The summed E-state index contributed by atoms with van der Waals surface area (Å²) in [7, 11) is 0. The van der Waals surface area contributed by atoms with Crippen molar-refractivity contribution < 1.29 is 4.39 Å². The summed E-state index contributed by atoms with van der Waals surface area (Å²) in [5.41, 5.74) is 1.99. The van der Waals surface area contributed by atoms with Gasteiger partial charge in [0.2, 0.25) is 0 Å². The van der Waals surface area contributed by atoms with Gasteiger partial charge in [0.25, 0.3) is 0 Å². The molecular formula is C14H13ClFN. The molecule has 0 aliphatic rings.